The molecule has 2 aliphatic rings. The second-order valence-electron chi connectivity index (χ2n) is 5.42. The predicted molar refractivity (Wildman–Crippen MR) is 62.7 cm³/mol. The highest BCUT2D eigenvalue weighted by Crippen LogP contribution is 2.50. The highest BCUT2D eigenvalue weighted by molar-refractivity contribution is 5.40. The zero-order valence-electron chi connectivity index (χ0n) is 9.70. The van der Waals surface area contributed by atoms with Crippen LogP contribution in [0.15, 0.2) is 18.2 Å². The second kappa shape index (κ2) is 3.49. The van der Waals surface area contributed by atoms with Crippen molar-refractivity contribution in [3.8, 4) is 5.75 Å². The molecule has 1 heterocycles. The van der Waals surface area contributed by atoms with Crippen LogP contribution in [0.2, 0.25) is 0 Å². The maximum Gasteiger partial charge on any atom is 0.123 e. The first-order chi connectivity index (χ1) is 7.71. The number of hydrogen-bond acceptors (Lipinski definition) is 2. The molecule has 1 unspecified atom stereocenters. The summed E-state index contributed by atoms with van der Waals surface area (Å²) in [6, 6.07) is 6.39. The zero-order valence-corrected chi connectivity index (χ0v) is 9.70. The molecule has 0 bridgehead atoms. The van der Waals surface area contributed by atoms with Crippen molar-refractivity contribution in [1.29, 1.82) is 0 Å². The lowest BCUT2D eigenvalue weighted by Gasteiger charge is -2.17. The van der Waals surface area contributed by atoms with Gasteiger partial charge in [0.2, 0.25) is 0 Å². The summed E-state index contributed by atoms with van der Waals surface area (Å²) in [6.07, 6.45) is 4.64. The van der Waals surface area contributed by atoms with E-state index in [4.69, 9.17) is 4.74 Å². The van der Waals surface area contributed by atoms with Crippen LogP contribution in [0.5, 0.6) is 5.75 Å². The molecule has 1 atom stereocenters. The lowest BCUT2D eigenvalue weighted by Crippen LogP contribution is -2.21. The van der Waals surface area contributed by atoms with Gasteiger partial charge in [-0.05, 0) is 43.2 Å². The maximum atomic E-state index is 9.32. The van der Waals surface area contributed by atoms with E-state index in [1.165, 1.54) is 24.0 Å². The number of ether oxygens (including phenoxy) is 1. The number of aryl methyl sites for hydroxylation is 1. The third-order valence-corrected chi connectivity index (χ3v) is 3.91. The lowest BCUT2D eigenvalue weighted by atomic mass is 9.96. The fourth-order valence-corrected chi connectivity index (χ4v) is 2.65. The molecule has 1 aromatic rings. The average Bonchev–Trinajstić information content (AvgIpc) is 2.92. The van der Waals surface area contributed by atoms with Gasteiger partial charge in [0, 0.05) is 13.0 Å². The minimum Gasteiger partial charge on any atom is -0.490 e. The second-order valence-corrected chi connectivity index (χ2v) is 5.42. The monoisotopic (exact) mass is 218 g/mol. The van der Waals surface area contributed by atoms with Crippen molar-refractivity contribution >= 4 is 0 Å². The van der Waals surface area contributed by atoms with Crippen molar-refractivity contribution in [3.63, 3.8) is 0 Å². The van der Waals surface area contributed by atoms with E-state index >= 15 is 0 Å². The standard InChI is InChI=1S/C14H18O2/c1-10-2-3-13-11(6-10)7-12(16-13)8-14(9-15)4-5-14/h2-3,6,12,15H,4-5,7-9H2,1H3. The molecule has 86 valence electrons. The molecule has 1 aliphatic heterocycles. The van der Waals surface area contributed by atoms with Crippen molar-refractivity contribution in [3.05, 3.63) is 29.3 Å². The Bertz CT molecular complexity index is 407. The van der Waals surface area contributed by atoms with E-state index < -0.39 is 0 Å². The number of rotatable bonds is 3. The normalized spacial score (nSPS) is 25.0. The molecule has 3 rings (SSSR count). The molecule has 0 spiro atoms. The molecular formula is C14H18O2. The number of benzene rings is 1. The van der Waals surface area contributed by atoms with E-state index in [0.29, 0.717) is 6.61 Å². The van der Waals surface area contributed by atoms with E-state index in [-0.39, 0.29) is 11.5 Å². The van der Waals surface area contributed by atoms with Gasteiger partial charge in [-0.1, -0.05) is 17.7 Å². The Labute approximate surface area is 96.2 Å². The Morgan fingerprint density at radius 1 is 1.44 bits per heavy atom. The molecule has 2 nitrogen and oxygen atoms in total. The van der Waals surface area contributed by atoms with Crippen LogP contribution in [0.1, 0.15) is 30.4 Å². The van der Waals surface area contributed by atoms with Crippen LogP contribution >= 0.6 is 0 Å². The maximum absolute atomic E-state index is 9.32. The Balaban J connectivity index is 1.71. The van der Waals surface area contributed by atoms with Crippen molar-refractivity contribution in [2.24, 2.45) is 5.41 Å². The highest BCUT2D eigenvalue weighted by atomic mass is 16.5. The molecule has 0 amide bonds. The fourth-order valence-electron chi connectivity index (χ4n) is 2.65. The summed E-state index contributed by atoms with van der Waals surface area (Å²) in [4.78, 5) is 0. The molecule has 1 N–H and O–H groups in total. The first kappa shape index (κ1) is 10.2. The number of aliphatic hydroxyl groups is 1. The number of hydrogen-bond donors (Lipinski definition) is 1. The van der Waals surface area contributed by atoms with Gasteiger partial charge in [-0.2, -0.15) is 0 Å². The summed E-state index contributed by atoms with van der Waals surface area (Å²) in [5, 5.41) is 9.32. The van der Waals surface area contributed by atoms with Crippen molar-refractivity contribution in [1.82, 2.24) is 0 Å². The summed E-state index contributed by atoms with van der Waals surface area (Å²) in [5.41, 5.74) is 2.83. The van der Waals surface area contributed by atoms with Gasteiger partial charge < -0.3 is 9.84 Å². The summed E-state index contributed by atoms with van der Waals surface area (Å²) < 4.78 is 5.93. The molecule has 2 heteroatoms. The minimum absolute atomic E-state index is 0.196. The van der Waals surface area contributed by atoms with E-state index in [1.54, 1.807) is 0 Å². The van der Waals surface area contributed by atoms with Crippen LogP contribution in [-0.2, 0) is 6.42 Å². The van der Waals surface area contributed by atoms with Crippen LogP contribution < -0.4 is 4.74 Å². The van der Waals surface area contributed by atoms with E-state index in [1.807, 2.05) is 0 Å². The van der Waals surface area contributed by atoms with Gasteiger partial charge >= 0.3 is 0 Å². The van der Waals surface area contributed by atoms with Gasteiger partial charge in [0.05, 0.1) is 0 Å². The Hall–Kier alpha value is -1.02. The Morgan fingerprint density at radius 2 is 2.25 bits per heavy atom. The van der Waals surface area contributed by atoms with Crippen LogP contribution in [-0.4, -0.2) is 17.8 Å². The highest BCUT2D eigenvalue weighted by Gasteiger charge is 2.45. The van der Waals surface area contributed by atoms with Gasteiger partial charge in [-0.15, -0.1) is 0 Å². The van der Waals surface area contributed by atoms with E-state index in [9.17, 15) is 5.11 Å². The first-order valence-corrected chi connectivity index (χ1v) is 6.08. The van der Waals surface area contributed by atoms with Gasteiger partial charge in [-0.3, -0.25) is 0 Å². The topological polar surface area (TPSA) is 29.5 Å². The molecule has 1 aliphatic carbocycles. The predicted octanol–water partition coefficient (Wildman–Crippen LogP) is 2.46. The van der Waals surface area contributed by atoms with E-state index in [0.717, 1.165) is 18.6 Å². The number of fused-ring (bicyclic) bond motifs is 1. The van der Waals surface area contributed by atoms with Crippen LogP contribution in [0.3, 0.4) is 0 Å². The summed E-state index contributed by atoms with van der Waals surface area (Å²) in [6.45, 7) is 2.44. The molecule has 0 saturated heterocycles. The Morgan fingerprint density at radius 3 is 2.94 bits per heavy atom. The van der Waals surface area contributed by atoms with Gasteiger partial charge in [0.25, 0.3) is 0 Å². The molecular weight excluding hydrogens is 200 g/mol. The van der Waals surface area contributed by atoms with Crippen molar-refractivity contribution in [2.45, 2.75) is 38.7 Å². The summed E-state index contributed by atoms with van der Waals surface area (Å²) in [5.74, 6) is 1.05. The molecule has 1 saturated carbocycles. The SMILES string of the molecule is Cc1ccc2c(c1)CC(CC1(CO)CC1)O2. The van der Waals surface area contributed by atoms with Crippen LogP contribution in [0.4, 0.5) is 0 Å². The average molecular weight is 218 g/mol. The molecule has 16 heavy (non-hydrogen) atoms. The summed E-state index contributed by atoms with van der Waals surface area (Å²) in [7, 11) is 0. The number of aliphatic hydroxyl groups excluding tert-OH is 1. The van der Waals surface area contributed by atoms with Crippen LogP contribution in [0.25, 0.3) is 0 Å². The van der Waals surface area contributed by atoms with E-state index in [2.05, 4.69) is 25.1 Å². The summed E-state index contributed by atoms with van der Waals surface area (Å²) >= 11 is 0. The molecule has 1 aromatic carbocycles. The van der Waals surface area contributed by atoms with Crippen LogP contribution in [0, 0.1) is 12.3 Å². The third-order valence-electron chi connectivity index (χ3n) is 3.91. The zero-order chi connectivity index (χ0) is 11.2. The van der Waals surface area contributed by atoms with Crippen molar-refractivity contribution < 1.29 is 9.84 Å². The smallest absolute Gasteiger partial charge is 0.123 e. The quantitative estimate of drug-likeness (QED) is 0.844. The molecule has 0 aromatic heterocycles. The fraction of sp³-hybridized carbons (Fsp3) is 0.571. The Kier molecular flexibility index (Phi) is 2.21. The minimum atomic E-state index is 0.196. The molecule has 1 fully saturated rings. The third kappa shape index (κ3) is 1.71. The first-order valence-electron chi connectivity index (χ1n) is 6.08. The van der Waals surface area contributed by atoms with Gasteiger partial charge in [-0.25, -0.2) is 0 Å². The lowest BCUT2D eigenvalue weighted by molar-refractivity contribution is 0.137. The molecule has 0 radical (unpaired) electrons. The van der Waals surface area contributed by atoms with Crippen molar-refractivity contribution in [2.75, 3.05) is 6.61 Å². The van der Waals surface area contributed by atoms with Gasteiger partial charge in [0.15, 0.2) is 0 Å². The van der Waals surface area contributed by atoms with Gasteiger partial charge in [0.1, 0.15) is 11.9 Å². The largest absolute Gasteiger partial charge is 0.490 e.